The van der Waals surface area contributed by atoms with Gasteiger partial charge in [-0.3, -0.25) is 4.79 Å². The summed E-state index contributed by atoms with van der Waals surface area (Å²) in [5.74, 6) is 5.34. The van der Waals surface area contributed by atoms with Crippen molar-refractivity contribution in [2.24, 2.45) is 5.84 Å². The highest BCUT2D eigenvalue weighted by Crippen LogP contribution is 2.35. The van der Waals surface area contributed by atoms with Crippen LogP contribution in [-0.2, 0) is 0 Å². The summed E-state index contributed by atoms with van der Waals surface area (Å²) < 4.78 is 3.04. The number of carbonyl (C=O) groups is 1. The van der Waals surface area contributed by atoms with Crippen LogP contribution in [0.4, 0.5) is 11.5 Å². The molecule has 9 heteroatoms. The first-order valence-corrected chi connectivity index (χ1v) is 8.67. The molecule has 2 rings (SSSR count). The minimum Gasteiger partial charge on any atom is -0.320 e. The molecule has 0 aliphatic heterocycles. The highest BCUT2D eigenvalue weighted by atomic mass is 79.9. The summed E-state index contributed by atoms with van der Waals surface area (Å²) in [6, 6.07) is 5.31. The maximum Gasteiger partial charge on any atom is 0.259 e. The van der Waals surface area contributed by atoms with Gasteiger partial charge in [0, 0.05) is 24.1 Å². The second kappa shape index (κ2) is 7.19. The van der Waals surface area contributed by atoms with Crippen molar-refractivity contribution in [3.8, 4) is 0 Å². The lowest BCUT2D eigenvalue weighted by atomic mass is 10.2. The predicted molar refractivity (Wildman–Crippen MR) is 97.2 cm³/mol. The van der Waals surface area contributed by atoms with Crippen LogP contribution in [0.5, 0.6) is 0 Å². The number of nitrogens with one attached hydrogen (secondary N) is 2. The molecule has 4 N–H and O–H groups in total. The molecule has 0 fully saturated rings. The second-order valence-electron chi connectivity index (χ2n) is 3.89. The number of amides is 1. The van der Waals surface area contributed by atoms with Gasteiger partial charge < -0.3 is 10.7 Å². The average molecular weight is 544 g/mol. The van der Waals surface area contributed by atoms with Crippen molar-refractivity contribution < 1.29 is 4.79 Å². The Labute approximate surface area is 154 Å². The van der Waals surface area contributed by atoms with E-state index in [4.69, 9.17) is 5.84 Å². The van der Waals surface area contributed by atoms with Gasteiger partial charge in [0.25, 0.3) is 5.91 Å². The van der Waals surface area contributed by atoms with Gasteiger partial charge in [0.2, 0.25) is 0 Å². The number of aromatic nitrogens is 1. The fraction of sp³-hybridized carbons (Fsp3) is 0. The molecule has 2 aromatic rings. The van der Waals surface area contributed by atoms with E-state index in [1.165, 1.54) is 0 Å². The summed E-state index contributed by atoms with van der Waals surface area (Å²) in [4.78, 5) is 16.5. The molecule has 0 atom stereocenters. The Bertz CT molecular complexity index is 685. The monoisotopic (exact) mass is 540 g/mol. The summed E-state index contributed by atoms with van der Waals surface area (Å²) in [5.41, 5.74) is 3.35. The zero-order valence-electron chi connectivity index (χ0n) is 10.3. The third kappa shape index (κ3) is 4.04. The first kappa shape index (κ1) is 16.9. The third-order valence-corrected chi connectivity index (χ3v) is 4.62. The standard InChI is InChI=1S/C12H8Br4N4O/c13-5-2-8(15)10(9(16)3-5)19-12(21)7-1-6(14)4-18-11(7)20-17/h1-4H,17H2,(H,18,20)(H,19,21). The average Bonchev–Trinajstić information content (AvgIpc) is 2.42. The number of pyridine rings is 1. The Balaban J connectivity index is 2.37. The number of hydrazine groups is 1. The number of anilines is 2. The van der Waals surface area contributed by atoms with Gasteiger partial charge in [0.15, 0.2) is 5.82 Å². The van der Waals surface area contributed by atoms with Crippen LogP contribution in [0.15, 0.2) is 42.3 Å². The van der Waals surface area contributed by atoms with Gasteiger partial charge in [0.05, 0.1) is 11.3 Å². The topological polar surface area (TPSA) is 80.0 Å². The highest BCUT2D eigenvalue weighted by Gasteiger charge is 2.16. The molecule has 1 amide bonds. The molecule has 0 aliphatic carbocycles. The fourth-order valence-corrected chi connectivity index (χ4v) is 4.36. The summed E-state index contributed by atoms with van der Waals surface area (Å²) in [6.07, 6.45) is 1.55. The van der Waals surface area contributed by atoms with E-state index in [0.717, 1.165) is 13.4 Å². The molecule has 0 saturated carbocycles. The summed E-state index contributed by atoms with van der Waals surface area (Å²) in [5, 5.41) is 2.81. The van der Waals surface area contributed by atoms with E-state index >= 15 is 0 Å². The normalized spacial score (nSPS) is 10.3. The molecule has 0 aliphatic rings. The van der Waals surface area contributed by atoms with Crippen LogP contribution < -0.4 is 16.6 Å². The lowest BCUT2D eigenvalue weighted by Gasteiger charge is -2.12. The molecule has 0 bridgehead atoms. The largest absolute Gasteiger partial charge is 0.320 e. The van der Waals surface area contributed by atoms with Crippen molar-refractivity contribution in [3.63, 3.8) is 0 Å². The summed E-state index contributed by atoms with van der Waals surface area (Å²) in [6.45, 7) is 0. The predicted octanol–water partition coefficient (Wildman–Crippen LogP) is 4.67. The summed E-state index contributed by atoms with van der Waals surface area (Å²) in [7, 11) is 0. The van der Waals surface area contributed by atoms with Gasteiger partial charge in [-0.05, 0) is 66.0 Å². The zero-order valence-corrected chi connectivity index (χ0v) is 16.6. The molecule has 1 heterocycles. The molecular formula is C12H8Br4N4O. The number of nitrogens with zero attached hydrogens (tertiary/aromatic N) is 1. The van der Waals surface area contributed by atoms with Gasteiger partial charge in [-0.25, -0.2) is 10.8 Å². The third-order valence-electron chi connectivity index (χ3n) is 2.48. The molecular weight excluding hydrogens is 536 g/mol. The molecule has 21 heavy (non-hydrogen) atoms. The van der Waals surface area contributed by atoms with E-state index in [1.807, 2.05) is 12.1 Å². The molecule has 0 saturated heterocycles. The van der Waals surface area contributed by atoms with Gasteiger partial charge in [-0.15, -0.1) is 0 Å². The minimum absolute atomic E-state index is 0.292. The number of nitrogens with two attached hydrogens (primary N) is 1. The number of carbonyl (C=O) groups excluding carboxylic acids is 1. The fourth-order valence-electron chi connectivity index (χ4n) is 1.57. The van der Waals surface area contributed by atoms with E-state index in [-0.39, 0.29) is 5.91 Å². The van der Waals surface area contributed by atoms with E-state index in [0.29, 0.717) is 21.5 Å². The summed E-state index contributed by atoms with van der Waals surface area (Å²) >= 11 is 13.5. The van der Waals surface area contributed by atoms with Crippen LogP contribution in [0.25, 0.3) is 0 Å². The molecule has 1 aromatic heterocycles. The van der Waals surface area contributed by atoms with Crippen molar-refractivity contribution in [1.82, 2.24) is 4.98 Å². The Kier molecular flexibility index (Phi) is 5.78. The van der Waals surface area contributed by atoms with E-state index < -0.39 is 0 Å². The lowest BCUT2D eigenvalue weighted by molar-refractivity contribution is 0.102. The Morgan fingerprint density at radius 3 is 2.24 bits per heavy atom. The molecule has 1 aromatic carbocycles. The number of nitrogen functional groups attached to an aromatic ring is 1. The SMILES string of the molecule is NNc1ncc(Br)cc1C(=O)Nc1c(Br)cc(Br)cc1Br. The molecule has 0 radical (unpaired) electrons. The maximum absolute atomic E-state index is 12.4. The smallest absolute Gasteiger partial charge is 0.259 e. The number of benzene rings is 1. The number of hydrogen-bond donors (Lipinski definition) is 3. The lowest BCUT2D eigenvalue weighted by Crippen LogP contribution is -2.18. The van der Waals surface area contributed by atoms with Gasteiger partial charge in [-0.2, -0.15) is 0 Å². The van der Waals surface area contributed by atoms with Crippen LogP contribution in [0.3, 0.4) is 0 Å². The van der Waals surface area contributed by atoms with Gasteiger partial charge >= 0.3 is 0 Å². The molecule has 0 spiro atoms. The van der Waals surface area contributed by atoms with E-state index in [9.17, 15) is 4.79 Å². The first-order valence-electron chi connectivity index (χ1n) is 5.50. The van der Waals surface area contributed by atoms with E-state index in [2.05, 4.69) is 79.4 Å². The Morgan fingerprint density at radius 1 is 1.05 bits per heavy atom. The minimum atomic E-state index is -0.333. The number of hydrogen-bond acceptors (Lipinski definition) is 4. The first-order chi connectivity index (χ1) is 9.92. The van der Waals surface area contributed by atoms with Crippen molar-refractivity contribution in [2.45, 2.75) is 0 Å². The van der Waals surface area contributed by atoms with Crippen LogP contribution in [0.2, 0.25) is 0 Å². The zero-order chi connectivity index (χ0) is 15.6. The van der Waals surface area contributed by atoms with Crippen LogP contribution in [0, 0.1) is 0 Å². The van der Waals surface area contributed by atoms with Crippen molar-refractivity contribution in [2.75, 3.05) is 10.7 Å². The van der Waals surface area contributed by atoms with Crippen LogP contribution in [0.1, 0.15) is 10.4 Å². The quantitative estimate of drug-likeness (QED) is 0.388. The number of halogens is 4. The Morgan fingerprint density at radius 2 is 1.67 bits per heavy atom. The molecule has 110 valence electrons. The van der Waals surface area contributed by atoms with Crippen molar-refractivity contribution in [1.29, 1.82) is 0 Å². The van der Waals surface area contributed by atoms with Crippen molar-refractivity contribution in [3.05, 3.63) is 47.9 Å². The van der Waals surface area contributed by atoms with Gasteiger partial charge in [-0.1, -0.05) is 15.9 Å². The second-order valence-corrected chi connectivity index (χ2v) is 7.43. The Hall–Kier alpha value is -0.480. The van der Waals surface area contributed by atoms with Crippen molar-refractivity contribution >= 4 is 81.1 Å². The van der Waals surface area contributed by atoms with Crippen LogP contribution >= 0.6 is 63.7 Å². The number of rotatable bonds is 3. The van der Waals surface area contributed by atoms with Crippen LogP contribution in [-0.4, -0.2) is 10.9 Å². The maximum atomic E-state index is 12.4. The van der Waals surface area contributed by atoms with Gasteiger partial charge in [0.1, 0.15) is 0 Å². The van der Waals surface area contributed by atoms with E-state index in [1.54, 1.807) is 12.3 Å². The molecule has 5 nitrogen and oxygen atoms in total. The highest BCUT2D eigenvalue weighted by molar-refractivity contribution is 9.11. The molecule has 0 unspecified atom stereocenters.